The minimum atomic E-state index is -0.514. The van der Waals surface area contributed by atoms with Crippen LogP contribution in [-0.2, 0) is 11.3 Å². The summed E-state index contributed by atoms with van der Waals surface area (Å²) in [6.07, 6.45) is 1.28. The highest BCUT2D eigenvalue weighted by atomic mass is 16.1. The number of primary amides is 1. The van der Waals surface area contributed by atoms with E-state index in [2.05, 4.69) is 10.1 Å². The van der Waals surface area contributed by atoms with Crippen LogP contribution in [0.25, 0.3) is 0 Å². The van der Waals surface area contributed by atoms with Gasteiger partial charge in [-0.15, -0.1) is 5.10 Å². The topological polar surface area (TPSA) is 97.6 Å². The van der Waals surface area contributed by atoms with Crippen molar-refractivity contribution < 1.29 is 4.79 Å². The standard InChI is InChI=1S/C5H5N5O/c6-1-5-8-3-10(9-5)2-4(7)11/h3H,2H2,(H2,7,11). The molecule has 0 unspecified atom stereocenters. The molecule has 0 saturated carbocycles. The quantitative estimate of drug-likeness (QED) is 0.564. The fraction of sp³-hybridized carbons (Fsp3) is 0.200. The third-order valence-electron chi connectivity index (χ3n) is 0.954. The van der Waals surface area contributed by atoms with Gasteiger partial charge in [0.25, 0.3) is 5.82 Å². The molecule has 1 aromatic rings. The Labute approximate surface area is 62.2 Å². The number of nitrogens with two attached hydrogens (primary N) is 1. The third kappa shape index (κ3) is 1.76. The number of amides is 1. The molecule has 0 aromatic carbocycles. The number of rotatable bonds is 2. The van der Waals surface area contributed by atoms with Crippen LogP contribution in [0.3, 0.4) is 0 Å². The van der Waals surface area contributed by atoms with E-state index < -0.39 is 5.91 Å². The molecular weight excluding hydrogens is 146 g/mol. The lowest BCUT2D eigenvalue weighted by Gasteiger charge is -1.91. The fourth-order valence-electron chi connectivity index (χ4n) is 0.582. The van der Waals surface area contributed by atoms with Gasteiger partial charge in [0.05, 0.1) is 0 Å². The van der Waals surface area contributed by atoms with Crippen molar-refractivity contribution in [2.75, 3.05) is 0 Å². The van der Waals surface area contributed by atoms with E-state index in [-0.39, 0.29) is 12.4 Å². The molecule has 2 N–H and O–H groups in total. The Balaban J connectivity index is 2.75. The molecule has 11 heavy (non-hydrogen) atoms. The zero-order valence-electron chi connectivity index (χ0n) is 5.56. The molecule has 6 nitrogen and oxygen atoms in total. The summed E-state index contributed by atoms with van der Waals surface area (Å²) in [6.45, 7) is -0.0469. The first-order valence-corrected chi connectivity index (χ1v) is 2.80. The normalized spacial score (nSPS) is 9.00. The number of hydrogen-bond acceptors (Lipinski definition) is 4. The van der Waals surface area contributed by atoms with Gasteiger partial charge in [-0.05, 0) is 0 Å². The van der Waals surface area contributed by atoms with Gasteiger partial charge in [0.1, 0.15) is 18.9 Å². The maximum absolute atomic E-state index is 10.3. The van der Waals surface area contributed by atoms with E-state index >= 15 is 0 Å². The van der Waals surface area contributed by atoms with E-state index in [9.17, 15) is 4.79 Å². The summed E-state index contributed by atoms with van der Waals surface area (Å²) < 4.78 is 1.21. The van der Waals surface area contributed by atoms with Gasteiger partial charge < -0.3 is 5.73 Å². The molecule has 0 spiro atoms. The maximum Gasteiger partial charge on any atom is 0.252 e. The third-order valence-corrected chi connectivity index (χ3v) is 0.954. The second-order valence-electron chi connectivity index (χ2n) is 1.84. The SMILES string of the molecule is N#Cc1ncn(CC(N)=O)n1. The van der Waals surface area contributed by atoms with Crippen molar-refractivity contribution in [1.29, 1.82) is 5.26 Å². The highest BCUT2D eigenvalue weighted by Crippen LogP contribution is 1.85. The van der Waals surface area contributed by atoms with Crippen molar-refractivity contribution in [3.63, 3.8) is 0 Å². The monoisotopic (exact) mass is 151 g/mol. The predicted octanol–water partition coefficient (Wildman–Crippen LogP) is -1.36. The zero-order valence-corrected chi connectivity index (χ0v) is 5.56. The second-order valence-corrected chi connectivity index (χ2v) is 1.84. The Morgan fingerprint density at radius 1 is 1.91 bits per heavy atom. The molecule has 0 saturated heterocycles. The largest absolute Gasteiger partial charge is 0.368 e. The Morgan fingerprint density at radius 2 is 2.64 bits per heavy atom. The van der Waals surface area contributed by atoms with Crippen LogP contribution < -0.4 is 5.73 Å². The Hall–Kier alpha value is -1.90. The van der Waals surface area contributed by atoms with Gasteiger partial charge in [-0.2, -0.15) is 5.26 Å². The first kappa shape index (κ1) is 7.21. The summed E-state index contributed by atoms with van der Waals surface area (Å²) in [7, 11) is 0. The average molecular weight is 151 g/mol. The van der Waals surface area contributed by atoms with Crippen molar-refractivity contribution in [2.24, 2.45) is 5.73 Å². The van der Waals surface area contributed by atoms with Crippen LogP contribution in [0.15, 0.2) is 6.33 Å². The molecule has 0 fully saturated rings. The van der Waals surface area contributed by atoms with E-state index in [0.717, 1.165) is 0 Å². The molecular formula is C5H5N5O. The smallest absolute Gasteiger partial charge is 0.252 e. The number of carbonyl (C=O) groups excluding carboxylic acids is 1. The Bertz CT molecular complexity index is 309. The Kier molecular flexibility index (Phi) is 1.83. The first-order valence-electron chi connectivity index (χ1n) is 2.80. The van der Waals surface area contributed by atoms with Gasteiger partial charge in [0.2, 0.25) is 5.91 Å². The molecule has 1 amide bonds. The van der Waals surface area contributed by atoms with Crippen molar-refractivity contribution in [1.82, 2.24) is 14.8 Å². The van der Waals surface area contributed by atoms with Gasteiger partial charge in [-0.3, -0.25) is 4.79 Å². The van der Waals surface area contributed by atoms with Crippen molar-refractivity contribution >= 4 is 5.91 Å². The first-order chi connectivity index (χ1) is 5.22. The number of nitrogens with zero attached hydrogens (tertiary/aromatic N) is 4. The molecule has 0 aliphatic heterocycles. The van der Waals surface area contributed by atoms with Gasteiger partial charge in [0, 0.05) is 0 Å². The lowest BCUT2D eigenvalue weighted by molar-refractivity contribution is -0.118. The van der Waals surface area contributed by atoms with E-state index in [4.69, 9.17) is 11.0 Å². The molecule has 1 heterocycles. The van der Waals surface area contributed by atoms with Crippen LogP contribution in [0.5, 0.6) is 0 Å². The zero-order chi connectivity index (χ0) is 8.27. The molecule has 0 aliphatic carbocycles. The number of aromatic nitrogens is 3. The second kappa shape index (κ2) is 2.79. The lowest BCUT2D eigenvalue weighted by atomic mass is 10.6. The highest BCUT2D eigenvalue weighted by molar-refractivity contribution is 5.73. The minimum absolute atomic E-state index is 0.0336. The Morgan fingerprint density at radius 3 is 3.09 bits per heavy atom. The summed E-state index contributed by atoms with van der Waals surface area (Å²) >= 11 is 0. The van der Waals surface area contributed by atoms with E-state index in [1.807, 2.05) is 0 Å². The summed E-state index contributed by atoms with van der Waals surface area (Å²) in [5, 5.41) is 11.9. The molecule has 6 heteroatoms. The van der Waals surface area contributed by atoms with E-state index in [1.165, 1.54) is 11.0 Å². The van der Waals surface area contributed by atoms with Crippen LogP contribution in [0, 0.1) is 11.3 Å². The summed E-state index contributed by atoms with van der Waals surface area (Å²) in [5.41, 5.74) is 4.86. The van der Waals surface area contributed by atoms with Gasteiger partial charge in [-0.25, -0.2) is 9.67 Å². The summed E-state index contributed by atoms with van der Waals surface area (Å²) in [4.78, 5) is 13.9. The molecule has 56 valence electrons. The van der Waals surface area contributed by atoms with E-state index in [0.29, 0.717) is 0 Å². The molecule has 0 atom stereocenters. The van der Waals surface area contributed by atoms with Crippen LogP contribution in [0.2, 0.25) is 0 Å². The number of carbonyl (C=O) groups is 1. The number of nitriles is 1. The summed E-state index contributed by atoms with van der Waals surface area (Å²) in [5.74, 6) is -0.481. The molecule has 0 aliphatic rings. The van der Waals surface area contributed by atoms with Crippen LogP contribution in [0.1, 0.15) is 5.82 Å². The van der Waals surface area contributed by atoms with E-state index in [1.54, 1.807) is 6.07 Å². The average Bonchev–Trinajstić information content (AvgIpc) is 2.34. The number of hydrogen-bond donors (Lipinski definition) is 1. The molecule has 0 bridgehead atoms. The fourth-order valence-corrected chi connectivity index (χ4v) is 0.582. The lowest BCUT2D eigenvalue weighted by Crippen LogP contribution is -2.18. The van der Waals surface area contributed by atoms with Crippen LogP contribution in [-0.4, -0.2) is 20.7 Å². The maximum atomic E-state index is 10.3. The van der Waals surface area contributed by atoms with Crippen molar-refractivity contribution in [2.45, 2.75) is 6.54 Å². The van der Waals surface area contributed by atoms with Gasteiger partial charge in [0.15, 0.2) is 0 Å². The van der Waals surface area contributed by atoms with Crippen LogP contribution in [0.4, 0.5) is 0 Å². The van der Waals surface area contributed by atoms with Gasteiger partial charge in [-0.1, -0.05) is 0 Å². The highest BCUT2D eigenvalue weighted by Gasteiger charge is 2.00. The summed E-state index contributed by atoms with van der Waals surface area (Å²) in [6, 6.07) is 1.73. The van der Waals surface area contributed by atoms with Gasteiger partial charge >= 0.3 is 0 Å². The molecule has 1 aromatic heterocycles. The van der Waals surface area contributed by atoms with Crippen LogP contribution >= 0.6 is 0 Å². The minimum Gasteiger partial charge on any atom is -0.368 e. The van der Waals surface area contributed by atoms with Crippen molar-refractivity contribution in [3.05, 3.63) is 12.2 Å². The molecule has 1 rings (SSSR count). The molecule has 0 radical (unpaired) electrons. The predicted molar refractivity (Wildman–Crippen MR) is 33.9 cm³/mol. The van der Waals surface area contributed by atoms with Crippen molar-refractivity contribution in [3.8, 4) is 6.07 Å².